The molecule has 1 unspecified atom stereocenters. The van der Waals surface area contributed by atoms with E-state index in [9.17, 15) is 0 Å². The molecule has 0 aliphatic carbocycles. The Labute approximate surface area is 71.0 Å². The number of rotatable bonds is 5. The van der Waals surface area contributed by atoms with Gasteiger partial charge in [0.15, 0.2) is 0 Å². The SMILES string of the molecule is CC.CCNCC(C)CCO. The van der Waals surface area contributed by atoms with Crippen molar-refractivity contribution < 1.29 is 5.11 Å². The van der Waals surface area contributed by atoms with Gasteiger partial charge in [0.05, 0.1) is 0 Å². The Kier molecular flexibility index (Phi) is 15.4. The van der Waals surface area contributed by atoms with E-state index in [0.29, 0.717) is 12.5 Å². The molecule has 0 spiro atoms. The lowest BCUT2D eigenvalue weighted by Gasteiger charge is -2.08. The summed E-state index contributed by atoms with van der Waals surface area (Å²) in [4.78, 5) is 0. The van der Waals surface area contributed by atoms with Gasteiger partial charge in [0, 0.05) is 6.61 Å². The molecular formula is C9H23NO. The van der Waals surface area contributed by atoms with E-state index in [1.807, 2.05) is 13.8 Å². The molecule has 0 amide bonds. The topological polar surface area (TPSA) is 32.3 Å². The Morgan fingerprint density at radius 2 is 1.91 bits per heavy atom. The minimum Gasteiger partial charge on any atom is -0.396 e. The van der Waals surface area contributed by atoms with E-state index in [1.54, 1.807) is 0 Å². The summed E-state index contributed by atoms with van der Waals surface area (Å²) in [6.45, 7) is 10.6. The Morgan fingerprint density at radius 1 is 1.36 bits per heavy atom. The van der Waals surface area contributed by atoms with E-state index in [0.717, 1.165) is 19.5 Å². The molecule has 0 saturated heterocycles. The maximum absolute atomic E-state index is 8.51. The summed E-state index contributed by atoms with van der Waals surface area (Å²) in [6.07, 6.45) is 0.910. The molecule has 0 aliphatic rings. The molecule has 0 bridgehead atoms. The predicted molar refractivity (Wildman–Crippen MR) is 50.8 cm³/mol. The van der Waals surface area contributed by atoms with Gasteiger partial charge < -0.3 is 10.4 Å². The van der Waals surface area contributed by atoms with Crippen LogP contribution in [-0.2, 0) is 0 Å². The van der Waals surface area contributed by atoms with Crippen LogP contribution in [0.5, 0.6) is 0 Å². The van der Waals surface area contributed by atoms with Crippen LogP contribution in [0.4, 0.5) is 0 Å². The van der Waals surface area contributed by atoms with Crippen LogP contribution in [0.15, 0.2) is 0 Å². The van der Waals surface area contributed by atoms with Crippen LogP contribution in [0, 0.1) is 5.92 Å². The molecule has 0 aromatic heterocycles. The van der Waals surface area contributed by atoms with Gasteiger partial charge in [-0.05, 0) is 25.4 Å². The van der Waals surface area contributed by atoms with Gasteiger partial charge in [-0.3, -0.25) is 0 Å². The molecule has 1 atom stereocenters. The largest absolute Gasteiger partial charge is 0.396 e. The molecule has 0 heterocycles. The Bertz CT molecular complexity index is 57.5. The Morgan fingerprint density at radius 3 is 2.27 bits per heavy atom. The first-order chi connectivity index (χ1) is 5.31. The number of aliphatic hydroxyl groups is 1. The predicted octanol–water partition coefficient (Wildman–Crippen LogP) is 1.64. The highest BCUT2D eigenvalue weighted by Crippen LogP contribution is 1.96. The third-order valence-electron chi connectivity index (χ3n) is 1.36. The Balaban J connectivity index is 0. The fourth-order valence-electron chi connectivity index (χ4n) is 0.713. The molecule has 0 saturated carbocycles. The molecule has 0 aliphatic heterocycles. The van der Waals surface area contributed by atoms with Crippen LogP contribution < -0.4 is 5.32 Å². The lowest BCUT2D eigenvalue weighted by molar-refractivity contribution is 0.260. The normalized spacial score (nSPS) is 11.7. The third-order valence-corrected chi connectivity index (χ3v) is 1.36. The molecule has 0 rings (SSSR count). The molecular weight excluding hydrogens is 138 g/mol. The van der Waals surface area contributed by atoms with Crippen molar-refractivity contribution in [3.05, 3.63) is 0 Å². The van der Waals surface area contributed by atoms with Crippen molar-refractivity contribution in [2.45, 2.75) is 34.1 Å². The third kappa shape index (κ3) is 13.0. The summed E-state index contributed by atoms with van der Waals surface area (Å²) >= 11 is 0. The Hall–Kier alpha value is -0.0800. The van der Waals surface area contributed by atoms with Crippen molar-refractivity contribution in [1.29, 1.82) is 0 Å². The first-order valence-corrected chi connectivity index (χ1v) is 4.62. The summed E-state index contributed by atoms with van der Waals surface area (Å²) < 4.78 is 0. The first kappa shape index (κ1) is 13.5. The first-order valence-electron chi connectivity index (χ1n) is 4.62. The quantitative estimate of drug-likeness (QED) is 0.642. The van der Waals surface area contributed by atoms with Crippen molar-refractivity contribution in [3.8, 4) is 0 Å². The summed E-state index contributed by atoms with van der Waals surface area (Å²) in [5.41, 5.74) is 0. The summed E-state index contributed by atoms with van der Waals surface area (Å²) in [5.74, 6) is 0.606. The molecule has 2 N–H and O–H groups in total. The van der Waals surface area contributed by atoms with Crippen LogP contribution in [0.25, 0.3) is 0 Å². The maximum atomic E-state index is 8.51. The minimum absolute atomic E-state index is 0.312. The van der Waals surface area contributed by atoms with Gasteiger partial charge in [0.2, 0.25) is 0 Å². The molecule has 70 valence electrons. The summed E-state index contributed by atoms with van der Waals surface area (Å²) in [5, 5.41) is 11.7. The van der Waals surface area contributed by atoms with Crippen LogP contribution >= 0.6 is 0 Å². The smallest absolute Gasteiger partial charge is 0.0434 e. The second-order valence-electron chi connectivity index (χ2n) is 2.43. The van der Waals surface area contributed by atoms with Crippen molar-refractivity contribution >= 4 is 0 Å². The molecule has 11 heavy (non-hydrogen) atoms. The number of aliphatic hydroxyl groups excluding tert-OH is 1. The minimum atomic E-state index is 0.312. The van der Waals surface area contributed by atoms with Gasteiger partial charge in [0.1, 0.15) is 0 Å². The zero-order valence-electron chi connectivity index (χ0n) is 8.35. The van der Waals surface area contributed by atoms with Gasteiger partial charge in [-0.25, -0.2) is 0 Å². The molecule has 0 aromatic rings. The average molecular weight is 161 g/mol. The van der Waals surface area contributed by atoms with Crippen LogP contribution in [0.1, 0.15) is 34.1 Å². The van der Waals surface area contributed by atoms with E-state index in [1.165, 1.54) is 0 Å². The highest BCUT2D eigenvalue weighted by molar-refractivity contribution is 4.54. The molecule has 0 radical (unpaired) electrons. The van der Waals surface area contributed by atoms with Crippen molar-refractivity contribution in [1.82, 2.24) is 5.32 Å². The van der Waals surface area contributed by atoms with Crippen molar-refractivity contribution in [2.24, 2.45) is 5.92 Å². The summed E-state index contributed by atoms with van der Waals surface area (Å²) in [7, 11) is 0. The molecule has 0 aromatic carbocycles. The second-order valence-corrected chi connectivity index (χ2v) is 2.43. The van der Waals surface area contributed by atoms with Gasteiger partial charge in [-0.2, -0.15) is 0 Å². The van der Waals surface area contributed by atoms with E-state index >= 15 is 0 Å². The van der Waals surface area contributed by atoms with E-state index in [4.69, 9.17) is 5.11 Å². The number of hydrogen-bond donors (Lipinski definition) is 2. The van der Waals surface area contributed by atoms with Gasteiger partial charge >= 0.3 is 0 Å². The molecule has 2 heteroatoms. The van der Waals surface area contributed by atoms with E-state index in [2.05, 4.69) is 19.2 Å². The highest BCUT2D eigenvalue weighted by Gasteiger charge is 1.97. The zero-order valence-corrected chi connectivity index (χ0v) is 8.35. The summed E-state index contributed by atoms with van der Waals surface area (Å²) in [6, 6.07) is 0. The van der Waals surface area contributed by atoms with Crippen LogP contribution in [0.2, 0.25) is 0 Å². The average Bonchev–Trinajstić information content (AvgIpc) is 2.05. The zero-order chi connectivity index (χ0) is 9.11. The van der Waals surface area contributed by atoms with Crippen LogP contribution in [-0.4, -0.2) is 24.8 Å². The van der Waals surface area contributed by atoms with E-state index < -0.39 is 0 Å². The lowest BCUT2D eigenvalue weighted by Crippen LogP contribution is -2.21. The fraction of sp³-hybridized carbons (Fsp3) is 1.00. The molecule has 2 nitrogen and oxygen atoms in total. The monoisotopic (exact) mass is 161 g/mol. The molecule has 0 fully saturated rings. The van der Waals surface area contributed by atoms with E-state index in [-0.39, 0.29) is 0 Å². The standard InChI is InChI=1S/C7H17NO.C2H6/c1-3-8-6-7(2)4-5-9;1-2/h7-9H,3-6H2,1-2H3;1-2H3. The number of nitrogens with one attached hydrogen (secondary N) is 1. The van der Waals surface area contributed by atoms with Gasteiger partial charge in [-0.15, -0.1) is 0 Å². The van der Waals surface area contributed by atoms with Gasteiger partial charge in [0.25, 0.3) is 0 Å². The number of hydrogen-bond acceptors (Lipinski definition) is 2. The lowest BCUT2D eigenvalue weighted by atomic mass is 10.1. The highest BCUT2D eigenvalue weighted by atomic mass is 16.3. The second kappa shape index (κ2) is 12.6. The van der Waals surface area contributed by atoms with Crippen molar-refractivity contribution in [3.63, 3.8) is 0 Å². The van der Waals surface area contributed by atoms with Crippen molar-refractivity contribution in [2.75, 3.05) is 19.7 Å². The van der Waals surface area contributed by atoms with Crippen LogP contribution in [0.3, 0.4) is 0 Å². The fourth-order valence-corrected chi connectivity index (χ4v) is 0.713. The maximum Gasteiger partial charge on any atom is 0.0434 e. The van der Waals surface area contributed by atoms with Gasteiger partial charge in [-0.1, -0.05) is 27.7 Å².